The van der Waals surface area contributed by atoms with Crippen LogP contribution in [0, 0.1) is 5.82 Å². The molecule has 2 aromatic carbocycles. The van der Waals surface area contributed by atoms with Gasteiger partial charge in [0.2, 0.25) is 10.0 Å². The molecule has 7 heteroatoms. The summed E-state index contributed by atoms with van der Waals surface area (Å²) in [5.74, 6) is -0.507. The average molecular weight is 392 g/mol. The van der Waals surface area contributed by atoms with Crippen molar-refractivity contribution in [3.05, 3.63) is 59.4 Å². The quantitative estimate of drug-likeness (QED) is 0.786. The molecule has 1 N–H and O–H groups in total. The fourth-order valence-corrected chi connectivity index (χ4v) is 4.54. The summed E-state index contributed by atoms with van der Waals surface area (Å²) in [5, 5.41) is 0. The Bertz CT molecular complexity index is 881. The molecule has 0 amide bonds. The van der Waals surface area contributed by atoms with Crippen LogP contribution in [0.15, 0.2) is 47.4 Å². The van der Waals surface area contributed by atoms with E-state index in [-0.39, 0.29) is 17.2 Å². The molecule has 2 aromatic rings. The molecule has 0 aromatic heterocycles. The van der Waals surface area contributed by atoms with E-state index in [1.165, 1.54) is 38.5 Å². The van der Waals surface area contributed by atoms with Gasteiger partial charge < -0.3 is 4.74 Å². The summed E-state index contributed by atoms with van der Waals surface area (Å²) in [7, 11) is -2.54. The van der Waals surface area contributed by atoms with Crippen molar-refractivity contribution in [2.75, 3.05) is 20.2 Å². The van der Waals surface area contributed by atoms with E-state index in [0.717, 1.165) is 36.8 Å². The number of piperidine rings is 1. The standard InChI is InChI=1S/C20H25FN2O3S/c1-26-19-10-9-18(21)13-20(19)27(24,25)22-14-16-7-3-4-8-17(16)15-23-11-5-2-6-12-23/h3-4,7-10,13,22H,2,5-6,11-12,14-15H2,1H3. The number of halogens is 1. The van der Waals surface area contributed by atoms with E-state index in [0.29, 0.717) is 0 Å². The Labute approximate surface area is 160 Å². The monoisotopic (exact) mass is 392 g/mol. The molecule has 0 unspecified atom stereocenters. The lowest BCUT2D eigenvalue weighted by atomic mass is 10.1. The fourth-order valence-electron chi connectivity index (χ4n) is 3.35. The summed E-state index contributed by atoms with van der Waals surface area (Å²) >= 11 is 0. The molecule has 0 spiro atoms. The Hall–Kier alpha value is -1.96. The van der Waals surface area contributed by atoms with Gasteiger partial charge >= 0.3 is 0 Å². The van der Waals surface area contributed by atoms with Crippen molar-refractivity contribution < 1.29 is 17.5 Å². The number of benzene rings is 2. The molecule has 0 radical (unpaired) electrons. The molecule has 27 heavy (non-hydrogen) atoms. The van der Waals surface area contributed by atoms with Crippen LogP contribution in [0.5, 0.6) is 5.75 Å². The van der Waals surface area contributed by atoms with Crippen LogP contribution in [-0.2, 0) is 23.1 Å². The normalized spacial score (nSPS) is 15.6. The Kier molecular flexibility index (Phi) is 6.46. The van der Waals surface area contributed by atoms with Crippen molar-refractivity contribution in [3.8, 4) is 5.75 Å². The highest BCUT2D eigenvalue weighted by atomic mass is 32.2. The molecule has 1 fully saturated rings. The third-order valence-electron chi connectivity index (χ3n) is 4.83. The number of hydrogen-bond acceptors (Lipinski definition) is 4. The minimum Gasteiger partial charge on any atom is -0.495 e. The number of hydrogen-bond donors (Lipinski definition) is 1. The first-order chi connectivity index (χ1) is 13.0. The highest BCUT2D eigenvalue weighted by molar-refractivity contribution is 7.89. The van der Waals surface area contributed by atoms with Gasteiger partial charge in [-0.3, -0.25) is 4.90 Å². The van der Waals surface area contributed by atoms with Gasteiger partial charge in [-0.15, -0.1) is 0 Å². The zero-order valence-corrected chi connectivity index (χ0v) is 16.3. The summed E-state index contributed by atoms with van der Waals surface area (Å²) in [6, 6.07) is 11.3. The number of sulfonamides is 1. The highest BCUT2D eigenvalue weighted by Crippen LogP contribution is 2.25. The lowest BCUT2D eigenvalue weighted by molar-refractivity contribution is 0.220. The van der Waals surface area contributed by atoms with Gasteiger partial charge in [-0.05, 0) is 55.3 Å². The van der Waals surface area contributed by atoms with Gasteiger partial charge in [-0.2, -0.15) is 0 Å². The Morgan fingerprint density at radius 1 is 1.07 bits per heavy atom. The van der Waals surface area contributed by atoms with E-state index in [2.05, 4.69) is 9.62 Å². The largest absolute Gasteiger partial charge is 0.495 e. The van der Waals surface area contributed by atoms with Crippen LogP contribution in [0.2, 0.25) is 0 Å². The van der Waals surface area contributed by atoms with E-state index >= 15 is 0 Å². The second-order valence-electron chi connectivity index (χ2n) is 6.73. The van der Waals surface area contributed by atoms with E-state index in [1.807, 2.05) is 24.3 Å². The first kappa shape index (κ1) is 19.8. The zero-order chi connectivity index (χ0) is 19.3. The molecule has 1 aliphatic rings. The first-order valence-electron chi connectivity index (χ1n) is 9.12. The van der Waals surface area contributed by atoms with Crippen LogP contribution in [0.3, 0.4) is 0 Å². The second kappa shape index (κ2) is 8.82. The number of nitrogens with one attached hydrogen (secondary N) is 1. The lowest BCUT2D eigenvalue weighted by Crippen LogP contribution is -2.30. The summed E-state index contributed by atoms with van der Waals surface area (Å²) in [6.45, 7) is 3.09. The van der Waals surface area contributed by atoms with Crippen molar-refractivity contribution in [3.63, 3.8) is 0 Å². The summed E-state index contributed by atoms with van der Waals surface area (Å²) in [6.07, 6.45) is 3.68. The Morgan fingerprint density at radius 2 is 1.78 bits per heavy atom. The SMILES string of the molecule is COc1ccc(F)cc1S(=O)(=O)NCc1ccccc1CN1CCCCC1. The number of ether oxygens (including phenoxy) is 1. The smallest absolute Gasteiger partial charge is 0.244 e. The maximum atomic E-state index is 13.5. The highest BCUT2D eigenvalue weighted by Gasteiger charge is 2.21. The predicted molar refractivity (Wildman–Crippen MR) is 103 cm³/mol. The number of nitrogens with zero attached hydrogens (tertiary/aromatic N) is 1. The minimum atomic E-state index is -3.90. The molecule has 0 atom stereocenters. The number of rotatable bonds is 7. The van der Waals surface area contributed by atoms with Gasteiger partial charge in [0.15, 0.2) is 0 Å². The van der Waals surface area contributed by atoms with E-state index in [1.54, 1.807) is 0 Å². The molecule has 0 aliphatic carbocycles. The van der Waals surface area contributed by atoms with Gasteiger partial charge in [0.1, 0.15) is 16.5 Å². The zero-order valence-electron chi connectivity index (χ0n) is 15.4. The van der Waals surface area contributed by atoms with Crippen molar-refractivity contribution in [2.45, 2.75) is 37.2 Å². The van der Waals surface area contributed by atoms with E-state index in [9.17, 15) is 12.8 Å². The third kappa shape index (κ3) is 5.06. The molecule has 5 nitrogen and oxygen atoms in total. The van der Waals surface area contributed by atoms with Crippen LogP contribution >= 0.6 is 0 Å². The number of likely N-dealkylation sites (tertiary alicyclic amines) is 1. The topological polar surface area (TPSA) is 58.6 Å². The van der Waals surface area contributed by atoms with Crippen molar-refractivity contribution >= 4 is 10.0 Å². The molecule has 0 saturated carbocycles. The third-order valence-corrected chi connectivity index (χ3v) is 6.25. The first-order valence-corrected chi connectivity index (χ1v) is 10.6. The van der Waals surface area contributed by atoms with E-state index < -0.39 is 15.8 Å². The molecule has 1 aliphatic heterocycles. The average Bonchev–Trinajstić information content (AvgIpc) is 2.68. The predicted octanol–water partition coefficient (Wildman–Crippen LogP) is 3.30. The Morgan fingerprint density at radius 3 is 2.48 bits per heavy atom. The van der Waals surface area contributed by atoms with Gasteiger partial charge in [-0.25, -0.2) is 17.5 Å². The molecular weight excluding hydrogens is 367 g/mol. The summed E-state index contributed by atoms with van der Waals surface area (Å²) in [5.41, 5.74) is 2.02. The summed E-state index contributed by atoms with van der Waals surface area (Å²) in [4.78, 5) is 2.20. The van der Waals surface area contributed by atoms with Crippen molar-refractivity contribution in [1.29, 1.82) is 0 Å². The van der Waals surface area contributed by atoms with Gasteiger partial charge in [-0.1, -0.05) is 30.7 Å². The van der Waals surface area contributed by atoms with Crippen LogP contribution in [0.25, 0.3) is 0 Å². The molecule has 1 saturated heterocycles. The molecule has 146 valence electrons. The van der Waals surface area contributed by atoms with Crippen LogP contribution in [0.1, 0.15) is 30.4 Å². The van der Waals surface area contributed by atoms with Crippen LogP contribution in [-0.4, -0.2) is 33.5 Å². The Balaban J connectivity index is 1.75. The van der Waals surface area contributed by atoms with Gasteiger partial charge in [0.25, 0.3) is 0 Å². The summed E-state index contributed by atoms with van der Waals surface area (Å²) < 4.78 is 46.5. The second-order valence-corrected chi connectivity index (χ2v) is 8.46. The van der Waals surface area contributed by atoms with E-state index in [4.69, 9.17) is 4.74 Å². The molecule has 0 bridgehead atoms. The fraction of sp³-hybridized carbons (Fsp3) is 0.400. The number of methoxy groups -OCH3 is 1. The maximum Gasteiger partial charge on any atom is 0.244 e. The maximum absolute atomic E-state index is 13.5. The van der Waals surface area contributed by atoms with Gasteiger partial charge in [0.05, 0.1) is 7.11 Å². The molecular formula is C20H25FN2O3S. The van der Waals surface area contributed by atoms with Crippen molar-refractivity contribution in [2.24, 2.45) is 0 Å². The van der Waals surface area contributed by atoms with Crippen LogP contribution in [0.4, 0.5) is 4.39 Å². The minimum absolute atomic E-state index is 0.116. The lowest BCUT2D eigenvalue weighted by Gasteiger charge is -2.27. The van der Waals surface area contributed by atoms with Crippen LogP contribution < -0.4 is 9.46 Å². The van der Waals surface area contributed by atoms with Crippen molar-refractivity contribution in [1.82, 2.24) is 9.62 Å². The molecule has 1 heterocycles. The van der Waals surface area contributed by atoms with Gasteiger partial charge in [0, 0.05) is 13.1 Å². The molecule has 3 rings (SSSR count).